The molecule has 1 aliphatic carbocycles. The van der Waals surface area contributed by atoms with E-state index in [-0.39, 0.29) is 30.4 Å². The maximum absolute atomic E-state index is 13.8. The number of amides is 2. The second kappa shape index (κ2) is 10.3. The number of hydrogen-bond donors (Lipinski definition) is 0. The predicted molar refractivity (Wildman–Crippen MR) is 142 cm³/mol. The molecule has 1 atom stereocenters. The van der Waals surface area contributed by atoms with Crippen molar-refractivity contribution in [1.29, 1.82) is 0 Å². The van der Waals surface area contributed by atoms with Crippen LogP contribution in [0.5, 0.6) is 11.5 Å². The fourth-order valence-corrected chi connectivity index (χ4v) is 6.15. The molecule has 0 spiro atoms. The van der Waals surface area contributed by atoms with Gasteiger partial charge < -0.3 is 19.3 Å². The fraction of sp³-hybridized carbons (Fsp3) is 0.333. The standard InChI is InChI=1S/C27H26Cl2N2O4S/c1-34-19-11-16(12-20(14-19)35-2)27(33)31(18-4-5-18)15-25(32)30-9-7-24-22(8-10-36-24)26(30)21-6-3-17(28)13-23(21)29/h3,6,8,10-14,18,26H,4-5,7,9,15H2,1-2H3. The largest absolute Gasteiger partial charge is 0.497 e. The third kappa shape index (κ3) is 4.92. The summed E-state index contributed by atoms with van der Waals surface area (Å²) >= 11 is 14.5. The maximum atomic E-state index is 13.8. The van der Waals surface area contributed by atoms with E-state index in [9.17, 15) is 9.59 Å². The van der Waals surface area contributed by atoms with E-state index in [1.165, 1.54) is 4.88 Å². The Morgan fingerprint density at radius 3 is 2.39 bits per heavy atom. The molecule has 36 heavy (non-hydrogen) atoms. The Balaban J connectivity index is 1.45. The van der Waals surface area contributed by atoms with Gasteiger partial charge in [-0.1, -0.05) is 29.3 Å². The van der Waals surface area contributed by atoms with Crippen LogP contribution in [0.25, 0.3) is 0 Å². The molecule has 188 valence electrons. The van der Waals surface area contributed by atoms with E-state index in [0.717, 1.165) is 30.4 Å². The lowest BCUT2D eigenvalue weighted by Gasteiger charge is -2.38. The molecule has 1 aliphatic heterocycles. The molecule has 1 fully saturated rings. The molecule has 0 bridgehead atoms. The molecule has 2 aliphatic rings. The first kappa shape index (κ1) is 24.9. The van der Waals surface area contributed by atoms with Crippen LogP contribution in [0, 0.1) is 0 Å². The number of carbonyl (C=O) groups excluding carboxylic acids is 2. The van der Waals surface area contributed by atoms with Crippen LogP contribution in [-0.2, 0) is 11.2 Å². The van der Waals surface area contributed by atoms with Crippen LogP contribution in [0.1, 0.15) is 45.2 Å². The van der Waals surface area contributed by atoms with Crippen LogP contribution < -0.4 is 9.47 Å². The average Bonchev–Trinajstić information content (AvgIpc) is 3.61. The zero-order valence-electron chi connectivity index (χ0n) is 20.0. The van der Waals surface area contributed by atoms with E-state index in [4.69, 9.17) is 32.7 Å². The third-order valence-corrected chi connectivity index (χ3v) is 8.25. The van der Waals surface area contributed by atoms with Crippen molar-refractivity contribution in [2.75, 3.05) is 27.3 Å². The van der Waals surface area contributed by atoms with Gasteiger partial charge in [0.05, 0.1) is 20.3 Å². The number of halogens is 2. The molecule has 1 saturated carbocycles. The average molecular weight is 545 g/mol. The number of ether oxygens (including phenoxy) is 2. The molecule has 2 heterocycles. The van der Waals surface area contributed by atoms with Crippen molar-refractivity contribution < 1.29 is 19.1 Å². The maximum Gasteiger partial charge on any atom is 0.254 e. The van der Waals surface area contributed by atoms with E-state index in [1.807, 2.05) is 16.3 Å². The summed E-state index contributed by atoms with van der Waals surface area (Å²) in [5, 5.41) is 3.11. The van der Waals surface area contributed by atoms with Crippen LogP contribution in [0.15, 0.2) is 47.8 Å². The van der Waals surface area contributed by atoms with Crippen molar-refractivity contribution in [2.24, 2.45) is 0 Å². The highest BCUT2D eigenvalue weighted by atomic mass is 35.5. The summed E-state index contributed by atoms with van der Waals surface area (Å²) in [6.45, 7) is 0.542. The fourth-order valence-electron chi connectivity index (χ4n) is 4.73. The summed E-state index contributed by atoms with van der Waals surface area (Å²) in [5.41, 5.74) is 2.34. The molecule has 1 aromatic heterocycles. The number of methoxy groups -OCH3 is 2. The van der Waals surface area contributed by atoms with Crippen molar-refractivity contribution in [3.63, 3.8) is 0 Å². The number of thiophene rings is 1. The summed E-state index contributed by atoms with van der Waals surface area (Å²) in [4.78, 5) is 32.2. The van der Waals surface area contributed by atoms with Crippen LogP contribution in [0.3, 0.4) is 0 Å². The second-order valence-corrected chi connectivity index (χ2v) is 10.8. The monoisotopic (exact) mass is 544 g/mol. The minimum atomic E-state index is -0.328. The number of nitrogens with zero attached hydrogens (tertiary/aromatic N) is 2. The van der Waals surface area contributed by atoms with E-state index >= 15 is 0 Å². The van der Waals surface area contributed by atoms with Gasteiger partial charge in [-0.25, -0.2) is 0 Å². The molecule has 0 radical (unpaired) electrons. The van der Waals surface area contributed by atoms with Crippen molar-refractivity contribution in [3.05, 3.63) is 79.5 Å². The lowest BCUT2D eigenvalue weighted by Crippen LogP contribution is -2.47. The molecule has 3 aromatic rings. The van der Waals surface area contributed by atoms with Crippen molar-refractivity contribution >= 4 is 46.4 Å². The van der Waals surface area contributed by atoms with Crippen LogP contribution >= 0.6 is 34.5 Å². The summed E-state index contributed by atoms with van der Waals surface area (Å²) in [5.74, 6) is 0.729. The first-order chi connectivity index (χ1) is 17.4. The minimum absolute atomic E-state index is 0.00972. The third-order valence-electron chi connectivity index (χ3n) is 6.70. The molecule has 9 heteroatoms. The van der Waals surface area contributed by atoms with Gasteiger partial charge in [-0.3, -0.25) is 9.59 Å². The second-order valence-electron chi connectivity index (χ2n) is 8.97. The Bertz CT molecular complexity index is 1280. The molecule has 5 rings (SSSR count). The molecular formula is C27H26Cl2N2O4S. The predicted octanol–water partition coefficient (Wildman–Crippen LogP) is 5.85. The zero-order chi connectivity index (χ0) is 25.4. The number of carbonyl (C=O) groups is 2. The SMILES string of the molecule is COc1cc(OC)cc(C(=O)N(CC(=O)N2CCc3sccc3C2c2ccc(Cl)cc2Cl)C2CC2)c1. The Morgan fingerprint density at radius 1 is 1.03 bits per heavy atom. The quantitative estimate of drug-likeness (QED) is 0.374. The van der Waals surface area contributed by atoms with Gasteiger partial charge in [-0.2, -0.15) is 0 Å². The van der Waals surface area contributed by atoms with E-state index in [0.29, 0.717) is 33.7 Å². The molecule has 2 aromatic carbocycles. The van der Waals surface area contributed by atoms with E-state index in [1.54, 1.807) is 60.8 Å². The number of rotatable bonds is 7. The van der Waals surface area contributed by atoms with Crippen LogP contribution in [-0.4, -0.2) is 55.0 Å². The lowest BCUT2D eigenvalue weighted by atomic mass is 9.93. The molecule has 0 saturated heterocycles. The van der Waals surface area contributed by atoms with Crippen LogP contribution in [0.4, 0.5) is 0 Å². The first-order valence-corrected chi connectivity index (χ1v) is 13.4. The highest BCUT2D eigenvalue weighted by Gasteiger charge is 2.39. The Hall–Kier alpha value is -2.74. The van der Waals surface area contributed by atoms with Gasteiger partial charge in [-0.05, 0) is 66.1 Å². The van der Waals surface area contributed by atoms with E-state index < -0.39 is 0 Å². The Labute approximate surface area is 224 Å². The minimum Gasteiger partial charge on any atom is -0.497 e. The van der Waals surface area contributed by atoms with Gasteiger partial charge in [0.1, 0.15) is 18.0 Å². The summed E-state index contributed by atoms with van der Waals surface area (Å²) in [6, 6.07) is 12.2. The van der Waals surface area contributed by atoms with Crippen molar-refractivity contribution in [2.45, 2.75) is 31.3 Å². The van der Waals surface area contributed by atoms with Crippen molar-refractivity contribution in [1.82, 2.24) is 9.80 Å². The lowest BCUT2D eigenvalue weighted by molar-refractivity contribution is -0.134. The highest BCUT2D eigenvalue weighted by molar-refractivity contribution is 7.10. The number of hydrogen-bond acceptors (Lipinski definition) is 5. The van der Waals surface area contributed by atoms with Crippen molar-refractivity contribution in [3.8, 4) is 11.5 Å². The highest BCUT2D eigenvalue weighted by Crippen LogP contribution is 2.41. The van der Waals surface area contributed by atoms with Gasteiger partial charge in [-0.15, -0.1) is 11.3 Å². The smallest absolute Gasteiger partial charge is 0.254 e. The number of benzene rings is 2. The Morgan fingerprint density at radius 2 is 1.75 bits per heavy atom. The molecule has 1 unspecified atom stereocenters. The van der Waals surface area contributed by atoms with E-state index in [2.05, 4.69) is 6.07 Å². The first-order valence-electron chi connectivity index (χ1n) is 11.7. The zero-order valence-corrected chi connectivity index (χ0v) is 22.3. The summed E-state index contributed by atoms with van der Waals surface area (Å²) in [7, 11) is 3.09. The summed E-state index contributed by atoms with van der Waals surface area (Å²) in [6.07, 6.45) is 2.52. The van der Waals surface area contributed by atoms with Gasteiger partial charge in [0.15, 0.2) is 0 Å². The molecular weight excluding hydrogens is 519 g/mol. The normalized spacial score (nSPS) is 16.9. The van der Waals surface area contributed by atoms with Crippen LogP contribution in [0.2, 0.25) is 10.0 Å². The summed E-state index contributed by atoms with van der Waals surface area (Å²) < 4.78 is 10.7. The molecule has 2 amide bonds. The van der Waals surface area contributed by atoms with Gasteiger partial charge >= 0.3 is 0 Å². The molecule has 6 nitrogen and oxygen atoms in total. The Kier molecular flexibility index (Phi) is 7.15. The van der Waals surface area contributed by atoms with Gasteiger partial charge in [0, 0.05) is 39.1 Å². The van der Waals surface area contributed by atoms with Gasteiger partial charge in [0.25, 0.3) is 5.91 Å². The number of fused-ring (bicyclic) bond motifs is 1. The van der Waals surface area contributed by atoms with Gasteiger partial charge in [0.2, 0.25) is 5.91 Å². The molecule has 0 N–H and O–H groups in total. The topological polar surface area (TPSA) is 59.1 Å².